The molecule has 1 aliphatic heterocycles. The summed E-state index contributed by atoms with van der Waals surface area (Å²) in [7, 11) is 0. The number of rotatable bonds is 6. The number of fused-ring (bicyclic) bond motifs is 1. The van der Waals surface area contributed by atoms with Crippen LogP contribution in [0.1, 0.15) is 30.9 Å². The molecule has 4 nitrogen and oxygen atoms in total. The van der Waals surface area contributed by atoms with Crippen LogP contribution < -0.4 is 5.32 Å². The van der Waals surface area contributed by atoms with Crippen molar-refractivity contribution in [3.8, 4) is 0 Å². The molecule has 1 aromatic heterocycles. The number of piperidine rings is 1. The number of aromatic nitrogens is 2. The van der Waals surface area contributed by atoms with Gasteiger partial charge in [0.05, 0.1) is 18.7 Å². The second kappa shape index (κ2) is 8.19. The molecule has 1 fully saturated rings. The minimum Gasteiger partial charge on any atom is -0.376 e. The van der Waals surface area contributed by atoms with Gasteiger partial charge in [0, 0.05) is 34.1 Å². The van der Waals surface area contributed by atoms with Gasteiger partial charge in [0.25, 0.3) is 0 Å². The highest BCUT2D eigenvalue weighted by Gasteiger charge is 2.34. The van der Waals surface area contributed by atoms with Gasteiger partial charge in [-0.05, 0) is 62.7 Å². The Balaban J connectivity index is 1.54. The van der Waals surface area contributed by atoms with E-state index in [0.717, 1.165) is 54.5 Å². The Bertz CT molecular complexity index is 948. The molecule has 4 rings (SSSR count). The van der Waals surface area contributed by atoms with Crippen LogP contribution in [0, 0.1) is 5.82 Å². The molecule has 0 bridgehead atoms. The average molecular weight is 402 g/mol. The largest absolute Gasteiger partial charge is 0.376 e. The summed E-state index contributed by atoms with van der Waals surface area (Å²) < 4.78 is 21.5. The van der Waals surface area contributed by atoms with Gasteiger partial charge >= 0.3 is 0 Å². The molecule has 0 aliphatic carbocycles. The number of halogens is 2. The third kappa shape index (κ3) is 3.93. The van der Waals surface area contributed by atoms with Crippen molar-refractivity contribution >= 4 is 22.5 Å². The fourth-order valence-electron chi connectivity index (χ4n) is 4.07. The lowest BCUT2D eigenvalue weighted by atomic mass is 9.74. The second-order valence-electron chi connectivity index (χ2n) is 7.52. The first kappa shape index (κ1) is 19.4. The number of nitrogens with one attached hydrogen (secondary N) is 1. The molecular weight excluding hydrogens is 377 g/mol. The molecule has 0 saturated carbocycles. The van der Waals surface area contributed by atoms with Gasteiger partial charge in [-0.25, -0.2) is 4.39 Å². The lowest BCUT2D eigenvalue weighted by molar-refractivity contribution is 0.0570. The van der Waals surface area contributed by atoms with Crippen molar-refractivity contribution in [2.75, 3.05) is 19.7 Å². The first-order chi connectivity index (χ1) is 13.6. The Morgan fingerprint density at radius 1 is 1.21 bits per heavy atom. The zero-order valence-corrected chi connectivity index (χ0v) is 16.8. The fraction of sp³-hybridized carbons (Fsp3) is 0.409. The Hall–Kier alpha value is -1.95. The average Bonchev–Trinajstić information content (AvgIpc) is 3.12. The summed E-state index contributed by atoms with van der Waals surface area (Å²) in [5, 5.41) is 9.78. The van der Waals surface area contributed by atoms with E-state index in [1.165, 1.54) is 12.1 Å². The number of hydrogen-bond donors (Lipinski definition) is 1. The van der Waals surface area contributed by atoms with Gasteiger partial charge in [0.1, 0.15) is 5.82 Å². The second-order valence-corrected chi connectivity index (χ2v) is 7.95. The lowest BCUT2D eigenvalue weighted by Gasteiger charge is -2.38. The van der Waals surface area contributed by atoms with E-state index in [1.54, 1.807) is 0 Å². The molecule has 0 spiro atoms. The van der Waals surface area contributed by atoms with Crippen LogP contribution in [0.4, 0.5) is 4.39 Å². The van der Waals surface area contributed by atoms with Crippen LogP contribution in [-0.2, 0) is 23.3 Å². The monoisotopic (exact) mass is 401 g/mol. The smallest absolute Gasteiger partial charge is 0.123 e. The number of nitrogens with zero attached hydrogens (tertiary/aromatic N) is 2. The van der Waals surface area contributed by atoms with Crippen molar-refractivity contribution in [3.05, 3.63) is 64.6 Å². The normalized spacial score (nSPS) is 16.5. The van der Waals surface area contributed by atoms with Crippen molar-refractivity contribution in [1.82, 2.24) is 15.1 Å². The number of benzene rings is 2. The van der Waals surface area contributed by atoms with Crippen LogP contribution in [0.3, 0.4) is 0 Å². The third-order valence-electron chi connectivity index (χ3n) is 5.68. The van der Waals surface area contributed by atoms with Crippen LogP contribution in [0.2, 0.25) is 5.02 Å². The molecule has 2 heterocycles. The maximum atomic E-state index is 13.4. The van der Waals surface area contributed by atoms with Crippen LogP contribution >= 0.6 is 11.6 Å². The molecule has 0 amide bonds. The van der Waals surface area contributed by atoms with Crippen LogP contribution in [0.15, 0.2) is 42.6 Å². The zero-order chi connectivity index (χ0) is 19.6. The number of ether oxygens (including phenoxy) is 1. The number of hydrogen-bond acceptors (Lipinski definition) is 3. The van der Waals surface area contributed by atoms with Crippen LogP contribution in [-0.4, -0.2) is 29.5 Å². The van der Waals surface area contributed by atoms with Crippen LogP contribution in [0.25, 0.3) is 10.9 Å². The van der Waals surface area contributed by atoms with E-state index < -0.39 is 0 Å². The lowest BCUT2D eigenvalue weighted by Crippen LogP contribution is -2.43. The van der Waals surface area contributed by atoms with Gasteiger partial charge in [0.2, 0.25) is 0 Å². The van der Waals surface area contributed by atoms with Gasteiger partial charge in [0.15, 0.2) is 0 Å². The molecule has 0 radical (unpaired) electrons. The zero-order valence-electron chi connectivity index (χ0n) is 16.0. The van der Waals surface area contributed by atoms with E-state index in [-0.39, 0.29) is 11.2 Å². The summed E-state index contributed by atoms with van der Waals surface area (Å²) >= 11 is 6.31. The summed E-state index contributed by atoms with van der Waals surface area (Å²) in [6.45, 7) is 5.78. The summed E-state index contributed by atoms with van der Waals surface area (Å²) in [6.07, 6.45) is 3.94. The minimum atomic E-state index is -0.207. The highest BCUT2D eigenvalue weighted by molar-refractivity contribution is 6.31. The maximum absolute atomic E-state index is 13.4. The van der Waals surface area contributed by atoms with E-state index in [1.807, 2.05) is 35.1 Å². The molecule has 28 heavy (non-hydrogen) atoms. The molecule has 6 heteroatoms. The van der Waals surface area contributed by atoms with Crippen molar-refractivity contribution < 1.29 is 9.13 Å². The quantitative estimate of drug-likeness (QED) is 0.651. The van der Waals surface area contributed by atoms with Gasteiger partial charge < -0.3 is 10.1 Å². The Morgan fingerprint density at radius 3 is 2.68 bits per heavy atom. The molecule has 1 aliphatic rings. The summed E-state index contributed by atoms with van der Waals surface area (Å²) in [4.78, 5) is 0. The predicted molar refractivity (Wildman–Crippen MR) is 110 cm³/mol. The first-order valence-electron chi connectivity index (χ1n) is 9.80. The molecular formula is C22H25ClFN3O. The van der Waals surface area contributed by atoms with Gasteiger partial charge in [-0.3, -0.25) is 4.68 Å². The molecule has 1 N–H and O–H groups in total. The van der Waals surface area contributed by atoms with E-state index in [9.17, 15) is 4.39 Å². The predicted octanol–water partition coefficient (Wildman–Crippen LogP) is 4.69. The molecule has 1 saturated heterocycles. The maximum Gasteiger partial charge on any atom is 0.123 e. The van der Waals surface area contributed by atoms with Gasteiger partial charge in [-0.2, -0.15) is 5.10 Å². The van der Waals surface area contributed by atoms with Crippen molar-refractivity contribution in [2.45, 2.75) is 38.3 Å². The summed E-state index contributed by atoms with van der Waals surface area (Å²) in [5.41, 5.74) is 2.98. The topological polar surface area (TPSA) is 39.1 Å². The SMILES string of the molecule is CCn1cc2cc(Cl)cc(COCC3(c4ccc(F)cc4)CCNCC3)c2n1. The fourth-order valence-corrected chi connectivity index (χ4v) is 4.32. The molecule has 0 unspecified atom stereocenters. The third-order valence-corrected chi connectivity index (χ3v) is 5.90. The van der Waals surface area contributed by atoms with Crippen molar-refractivity contribution in [2.24, 2.45) is 0 Å². The molecule has 0 atom stereocenters. The van der Waals surface area contributed by atoms with Gasteiger partial charge in [-0.15, -0.1) is 0 Å². The first-order valence-corrected chi connectivity index (χ1v) is 10.2. The van der Waals surface area contributed by atoms with E-state index in [0.29, 0.717) is 18.2 Å². The van der Waals surface area contributed by atoms with Gasteiger partial charge in [-0.1, -0.05) is 23.7 Å². The van der Waals surface area contributed by atoms with Crippen molar-refractivity contribution in [1.29, 1.82) is 0 Å². The minimum absolute atomic E-state index is 0.0978. The highest BCUT2D eigenvalue weighted by atomic mass is 35.5. The van der Waals surface area contributed by atoms with Crippen molar-refractivity contribution in [3.63, 3.8) is 0 Å². The van der Waals surface area contributed by atoms with E-state index >= 15 is 0 Å². The Kier molecular flexibility index (Phi) is 5.67. The molecule has 3 aromatic rings. The standard InChI is InChI=1S/C22H25ClFN3O/c1-2-27-13-16-11-19(23)12-17(21(16)26-27)14-28-15-22(7-9-25-10-8-22)18-3-5-20(24)6-4-18/h3-6,11-13,25H,2,7-10,14-15H2,1H3. The molecule has 148 valence electrons. The summed E-state index contributed by atoms with van der Waals surface area (Å²) in [6, 6.07) is 10.7. The van der Waals surface area contributed by atoms with E-state index in [2.05, 4.69) is 17.3 Å². The number of aryl methyl sites for hydroxylation is 1. The Labute approximate surface area is 169 Å². The van der Waals surface area contributed by atoms with Crippen LogP contribution in [0.5, 0.6) is 0 Å². The Morgan fingerprint density at radius 2 is 1.96 bits per heavy atom. The highest BCUT2D eigenvalue weighted by Crippen LogP contribution is 2.34. The molecule has 2 aromatic carbocycles. The summed E-state index contributed by atoms with van der Waals surface area (Å²) in [5.74, 6) is -0.207. The van der Waals surface area contributed by atoms with E-state index in [4.69, 9.17) is 16.3 Å².